The first-order chi connectivity index (χ1) is 9.20. The van der Waals surface area contributed by atoms with Crippen LogP contribution < -0.4 is 5.32 Å². The van der Waals surface area contributed by atoms with Crippen LogP contribution in [0.25, 0.3) is 0 Å². The third kappa shape index (κ3) is 1.39. The standard InChI is InChI=1S/C18H19N/c1-12-14-8-4-3-7-13(14)11-17-15-9-5-6-10-16(15)18(12,2)19-17/h3-10,12,17,19H,11H2,1-2H3/t12-,17-,18+/m1/s1. The molecule has 2 aliphatic rings. The number of hydrogen-bond acceptors (Lipinski definition) is 1. The molecule has 1 N–H and O–H groups in total. The second kappa shape index (κ2) is 3.71. The molecule has 0 amide bonds. The van der Waals surface area contributed by atoms with Gasteiger partial charge in [0.15, 0.2) is 0 Å². The molecule has 2 aromatic rings. The Morgan fingerprint density at radius 2 is 1.68 bits per heavy atom. The fourth-order valence-electron chi connectivity index (χ4n) is 3.98. The lowest BCUT2D eigenvalue weighted by atomic mass is 9.75. The van der Waals surface area contributed by atoms with Crippen molar-refractivity contribution in [2.75, 3.05) is 0 Å². The Balaban J connectivity index is 1.97. The van der Waals surface area contributed by atoms with E-state index >= 15 is 0 Å². The molecule has 0 saturated carbocycles. The smallest absolute Gasteiger partial charge is 0.0481 e. The molecule has 2 aliphatic heterocycles. The summed E-state index contributed by atoms with van der Waals surface area (Å²) in [5.74, 6) is 0.498. The first-order valence-corrected chi connectivity index (χ1v) is 7.15. The zero-order valence-electron chi connectivity index (χ0n) is 11.5. The highest BCUT2D eigenvalue weighted by Crippen LogP contribution is 2.49. The van der Waals surface area contributed by atoms with Crippen molar-refractivity contribution < 1.29 is 0 Å². The SMILES string of the molecule is C[C@@H]1c2ccccc2C[C@H]2N[C@]1(C)c1ccccc12. The molecule has 4 rings (SSSR count). The van der Waals surface area contributed by atoms with E-state index in [0.717, 1.165) is 6.42 Å². The normalized spacial score (nSPS) is 31.5. The van der Waals surface area contributed by atoms with E-state index in [1.807, 2.05) is 0 Å². The highest BCUT2D eigenvalue weighted by Gasteiger charge is 2.46. The molecule has 0 aliphatic carbocycles. The van der Waals surface area contributed by atoms with Gasteiger partial charge in [0.25, 0.3) is 0 Å². The van der Waals surface area contributed by atoms with E-state index in [2.05, 4.69) is 67.7 Å². The zero-order valence-corrected chi connectivity index (χ0v) is 11.5. The molecular formula is C18H19N. The molecule has 0 aromatic heterocycles. The first kappa shape index (κ1) is 11.2. The van der Waals surface area contributed by atoms with Gasteiger partial charge in [0, 0.05) is 17.5 Å². The van der Waals surface area contributed by atoms with Crippen LogP contribution in [-0.2, 0) is 12.0 Å². The van der Waals surface area contributed by atoms with Gasteiger partial charge in [0.2, 0.25) is 0 Å². The van der Waals surface area contributed by atoms with Gasteiger partial charge in [0.1, 0.15) is 0 Å². The fraction of sp³-hybridized carbons (Fsp3) is 0.333. The highest BCUT2D eigenvalue weighted by molar-refractivity contribution is 5.48. The zero-order chi connectivity index (χ0) is 13.0. The summed E-state index contributed by atoms with van der Waals surface area (Å²) in [4.78, 5) is 0. The number of hydrogen-bond donors (Lipinski definition) is 1. The van der Waals surface area contributed by atoms with Crippen LogP contribution in [0.1, 0.15) is 48.1 Å². The third-order valence-corrected chi connectivity index (χ3v) is 5.18. The van der Waals surface area contributed by atoms with Gasteiger partial charge in [-0.1, -0.05) is 55.5 Å². The number of benzene rings is 2. The van der Waals surface area contributed by atoms with Crippen LogP contribution in [0.4, 0.5) is 0 Å². The molecule has 2 heterocycles. The summed E-state index contributed by atoms with van der Waals surface area (Å²) in [5, 5.41) is 3.89. The maximum Gasteiger partial charge on any atom is 0.0481 e. The van der Waals surface area contributed by atoms with Crippen molar-refractivity contribution in [3.05, 3.63) is 70.8 Å². The number of nitrogens with one attached hydrogen (secondary N) is 1. The van der Waals surface area contributed by atoms with Gasteiger partial charge in [-0.15, -0.1) is 0 Å². The van der Waals surface area contributed by atoms with Crippen LogP contribution >= 0.6 is 0 Å². The maximum absolute atomic E-state index is 3.89. The second-order valence-electron chi connectivity index (χ2n) is 6.11. The molecule has 0 spiro atoms. The van der Waals surface area contributed by atoms with Crippen molar-refractivity contribution in [2.45, 2.75) is 37.8 Å². The summed E-state index contributed by atoms with van der Waals surface area (Å²) in [5.41, 5.74) is 6.06. The van der Waals surface area contributed by atoms with Gasteiger partial charge in [-0.3, -0.25) is 5.32 Å². The fourth-order valence-corrected chi connectivity index (χ4v) is 3.98. The predicted octanol–water partition coefficient (Wildman–Crippen LogP) is 3.91. The largest absolute Gasteiger partial charge is 0.300 e. The van der Waals surface area contributed by atoms with E-state index in [0.29, 0.717) is 12.0 Å². The van der Waals surface area contributed by atoms with E-state index in [-0.39, 0.29) is 5.54 Å². The van der Waals surface area contributed by atoms with Crippen LogP contribution in [0.5, 0.6) is 0 Å². The topological polar surface area (TPSA) is 12.0 Å². The second-order valence-corrected chi connectivity index (χ2v) is 6.11. The molecule has 1 nitrogen and oxygen atoms in total. The molecule has 0 fully saturated rings. The summed E-state index contributed by atoms with van der Waals surface area (Å²) < 4.78 is 0. The van der Waals surface area contributed by atoms with Crippen LogP contribution in [0, 0.1) is 0 Å². The minimum atomic E-state index is 0.0634. The predicted molar refractivity (Wildman–Crippen MR) is 78.2 cm³/mol. The van der Waals surface area contributed by atoms with Crippen LogP contribution in [0.3, 0.4) is 0 Å². The van der Waals surface area contributed by atoms with Gasteiger partial charge in [-0.05, 0) is 35.6 Å². The minimum Gasteiger partial charge on any atom is -0.300 e. The summed E-state index contributed by atoms with van der Waals surface area (Å²) in [6, 6.07) is 18.3. The Morgan fingerprint density at radius 1 is 1.00 bits per heavy atom. The Kier molecular flexibility index (Phi) is 2.19. The van der Waals surface area contributed by atoms with Crippen molar-refractivity contribution in [3.8, 4) is 0 Å². The van der Waals surface area contributed by atoms with Crippen LogP contribution in [-0.4, -0.2) is 0 Å². The van der Waals surface area contributed by atoms with Gasteiger partial charge in [-0.25, -0.2) is 0 Å². The molecule has 1 heteroatoms. The summed E-state index contributed by atoms with van der Waals surface area (Å²) in [6.07, 6.45) is 1.10. The van der Waals surface area contributed by atoms with Crippen molar-refractivity contribution in [1.82, 2.24) is 5.32 Å². The lowest BCUT2D eigenvalue weighted by molar-refractivity contribution is 0.319. The Hall–Kier alpha value is -1.60. The molecule has 2 bridgehead atoms. The molecule has 3 atom stereocenters. The molecule has 2 aromatic carbocycles. The summed E-state index contributed by atoms with van der Waals surface area (Å²) in [7, 11) is 0. The van der Waals surface area contributed by atoms with E-state index in [1.165, 1.54) is 22.3 Å². The molecular weight excluding hydrogens is 230 g/mol. The van der Waals surface area contributed by atoms with Crippen molar-refractivity contribution >= 4 is 0 Å². The Bertz CT molecular complexity index is 646. The van der Waals surface area contributed by atoms with Gasteiger partial charge >= 0.3 is 0 Å². The third-order valence-electron chi connectivity index (χ3n) is 5.18. The van der Waals surface area contributed by atoms with Crippen molar-refractivity contribution in [2.24, 2.45) is 0 Å². The number of fused-ring (bicyclic) bond motifs is 6. The molecule has 19 heavy (non-hydrogen) atoms. The van der Waals surface area contributed by atoms with Gasteiger partial charge < -0.3 is 0 Å². The molecule has 0 saturated heterocycles. The Labute approximate surface area is 114 Å². The van der Waals surface area contributed by atoms with Gasteiger partial charge in [-0.2, -0.15) is 0 Å². The summed E-state index contributed by atoms with van der Waals surface area (Å²) >= 11 is 0. The lowest BCUT2D eigenvalue weighted by Crippen LogP contribution is -2.38. The minimum absolute atomic E-state index is 0.0634. The molecule has 0 unspecified atom stereocenters. The summed E-state index contributed by atoms with van der Waals surface area (Å²) in [6.45, 7) is 4.72. The average molecular weight is 249 g/mol. The first-order valence-electron chi connectivity index (χ1n) is 7.15. The Morgan fingerprint density at radius 3 is 2.53 bits per heavy atom. The van der Waals surface area contributed by atoms with Crippen molar-refractivity contribution in [3.63, 3.8) is 0 Å². The van der Waals surface area contributed by atoms with E-state index in [1.54, 1.807) is 0 Å². The van der Waals surface area contributed by atoms with Crippen LogP contribution in [0.2, 0.25) is 0 Å². The van der Waals surface area contributed by atoms with Crippen LogP contribution in [0.15, 0.2) is 48.5 Å². The monoisotopic (exact) mass is 249 g/mol. The van der Waals surface area contributed by atoms with Crippen molar-refractivity contribution in [1.29, 1.82) is 0 Å². The maximum atomic E-state index is 3.89. The van der Waals surface area contributed by atoms with E-state index in [9.17, 15) is 0 Å². The van der Waals surface area contributed by atoms with E-state index < -0.39 is 0 Å². The highest BCUT2D eigenvalue weighted by atomic mass is 15.1. The van der Waals surface area contributed by atoms with Gasteiger partial charge in [0.05, 0.1) is 0 Å². The average Bonchev–Trinajstić information content (AvgIpc) is 2.67. The van der Waals surface area contributed by atoms with E-state index in [4.69, 9.17) is 0 Å². The number of rotatable bonds is 0. The molecule has 0 radical (unpaired) electrons. The quantitative estimate of drug-likeness (QED) is 0.746. The molecule has 96 valence electrons. The lowest BCUT2D eigenvalue weighted by Gasteiger charge is -2.33.